The Bertz CT molecular complexity index is 281. The van der Waals surface area contributed by atoms with Gasteiger partial charge in [0.2, 0.25) is 5.28 Å². The van der Waals surface area contributed by atoms with E-state index in [4.69, 9.17) is 11.6 Å². The lowest BCUT2D eigenvalue weighted by Gasteiger charge is -2.08. The largest absolute Gasteiger partial charge is 0.302 e. The Balaban J connectivity index is 2.67. The Morgan fingerprint density at radius 3 is 2.64 bits per heavy atom. The van der Waals surface area contributed by atoms with E-state index in [1.54, 1.807) is 0 Å². The lowest BCUT2D eigenvalue weighted by molar-refractivity contribution is 0.504. The van der Waals surface area contributed by atoms with Crippen LogP contribution in [-0.2, 0) is 13.0 Å². The van der Waals surface area contributed by atoms with Crippen molar-refractivity contribution in [2.75, 3.05) is 0 Å². The third kappa shape index (κ3) is 2.98. The molecule has 0 saturated heterocycles. The minimum Gasteiger partial charge on any atom is -0.302 e. The van der Waals surface area contributed by atoms with E-state index in [1.807, 2.05) is 4.57 Å². The van der Waals surface area contributed by atoms with E-state index in [-0.39, 0.29) is 0 Å². The first kappa shape index (κ1) is 11.5. The Kier molecular flexibility index (Phi) is 4.39. The second-order valence-electron chi connectivity index (χ2n) is 3.97. The van der Waals surface area contributed by atoms with Gasteiger partial charge in [-0.05, 0) is 30.4 Å². The first-order chi connectivity index (χ1) is 6.65. The number of halogens is 1. The SMILES string of the molecule is CCCc1nnc(Cl)n1CCC(C)C. The lowest BCUT2D eigenvalue weighted by Crippen LogP contribution is -2.06. The summed E-state index contributed by atoms with van der Waals surface area (Å²) in [6.07, 6.45) is 3.16. The van der Waals surface area contributed by atoms with Gasteiger partial charge in [-0.25, -0.2) is 0 Å². The predicted molar refractivity (Wildman–Crippen MR) is 58.5 cm³/mol. The molecule has 0 amide bonds. The summed E-state index contributed by atoms with van der Waals surface area (Å²) < 4.78 is 2.02. The molecule has 1 heterocycles. The molecule has 0 fully saturated rings. The minimum absolute atomic E-state index is 0.522. The maximum absolute atomic E-state index is 5.95. The van der Waals surface area contributed by atoms with Gasteiger partial charge in [-0.2, -0.15) is 0 Å². The Labute approximate surface area is 90.5 Å². The van der Waals surface area contributed by atoms with Gasteiger partial charge in [-0.1, -0.05) is 20.8 Å². The highest BCUT2D eigenvalue weighted by atomic mass is 35.5. The monoisotopic (exact) mass is 215 g/mol. The van der Waals surface area contributed by atoms with Crippen LogP contribution >= 0.6 is 11.6 Å². The zero-order chi connectivity index (χ0) is 10.6. The van der Waals surface area contributed by atoms with Crippen molar-refractivity contribution in [3.8, 4) is 0 Å². The fraction of sp³-hybridized carbons (Fsp3) is 0.800. The highest BCUT2D eigenvalue weighted by Gasteiger charge is 2.09. The van der Waals surface area contributed by atoms with Crippen LogP contribution in [-0.4, -0.2) is 14.8 Å². The molecular formula is C10H18ClN3. The molecule has 0 atom stereocenters. The van der Waals surface area contributed by atoms with Crippen LogP contribution in [0.2, 0.25) is 5.28 Å². The summed E-state index contributed by atoms with van der Waals surface area (Å²) in [4.78, 5) is 0. The van der Waals surface area contributed by atoms with E-state index in [9.17, 15) is 0 Å². The lowest BCUT2D eigenvalue weighted by atomic mass is 10.1. The molecule has 0 aliphatic carbocycles. The van der Waals surface area contributed by atoms with Gasteiger partial charge in [0.1, 0.15) is 5.82 Å². The standard InChI is InChI=1S/C10H18ClN3/c1-4-5-9-12-13-10(11)14(9)7-6-8(2)3/h8H,4-7H2,1-3H3. The summed E-state index contributed by atoms with van der Waals surface area (Å²) in [6.45, 7) is 7.48. The van der Waals surface area contributed by atoms with Crippen molar-refractivity contribution in [2.24, 2.45) is 5.92 Å². The maximum Gasteiger partial charge on any atom is 0.225 e. The normalized spacial score (nSPS) is 11.2. The van der Waals surface area contributed by atoms with E-state index in [0.29, 0.717) is 11.2 Å². The molecule has 1 rings (SSSR count). The van der Waals surface area contributed by atoms with Gasteiger partial charge in [0.15, 0.2) is 0 Å². The van der Waals surface area contributed by atoms with E-state index in [1.165, 1.54) is 0 Å². The van der Waals surface area contributed by atoms with Crippen molar-refractivity contribution in [1.29, 1.82) is 0 Å². The predicted octanol–water partition coefficient (Wildman–Crippen LogP) is 2.93. The van der Waals surface area contributed by atoms with Crippen LogP contribution in [0.3, 0.4) is 0 Å². The Morgan fingerprint density at radius 2 is 2.07 bits per heavy atom. The average Bonchev–Trinajstić information content (AvgIpc) is 2.45. The summed E-state index contributed by atoms with van der Waals surface area (Å²) in [5.41, 5.74) is 0. The van der Waals surface area contributed by atoms with Gasteiger partial charge in [0.05, 0.1) is 0 Å². The van der Waals surface area contributed by atoms with Crippen molar-refractivity contribution in [3.63, 3.8) is 0 Å². The summed E-state index contributed by atoms with van der Waals surface area (Å²) >= 11 is 5.95. The molecule has 0 bridgehead atoms. The van der Waals surface area contributed by atoms with Crippen LogP contribution in [0.4, 0.5) is 0 Å². The maximum atomic E-state index is 5.95. The van der Waals surface area contributed by atoms with Crippen LogP contribution in [0.1, 0.15) is 39.4 Å². The first-order valence-corrected chi connectivity index (χ1v) is 5.60. The molecule has 0 radical (unpaired) electrons. The van der Waals surface area contributed by atoms with Crippen LogP contribution in [0.5, 0.6) is 0 Å². The number of aryl methyl sites for hydroxylation is 1. The van der Waals surface area contributed by atoms with Gasteiger partial charge in [0.25, 0.3) is 0 Å². The summed E-state index contributed by atoms with van der Waals surface area (Å²) in [5, 5.41) is 8.48. The van der Waals surface area contributed by atoms with Crippen LogP contribution < -0.4 is 0 Å². The first-order valence-electron chi connectivity index (χ1n) is 5.22. The third-order valence-corrected chi connectivity index (χ3v) is 2.47. The molecule has 3 nitrogen and oxygen atoms in total. The molecule has 0 aromatic carbocycles. The molecule has 80 valence electrons. The van der Waals surface area contributed by atoms with Crippen LogP contribution in [0, 0.1) is 5.92 Å². The third-order valence-electron chi connectivity index (χ3n) is 2.19. The molecule has 0 spiro atoms. The van der Waals surface area contributed by atoms with E-state index in [0.717, 1.165) is 31.6 Å². The molecule has 1 aromatic heterocycles. The quantitative estimate of drug-likeness (QED) is 0.756. The summed E-state index contributed by atoms with van der Waals surface area (Å²) in [6, 6.07) is 0. The molecule has 4 heteroatoms. The van der Waals surface area contributed by atoms with Gasteiger partial charge in [0, 0.05) is 13.0 Å². The highest BCUT2D eigenvalue weighted by molar-refractivity contribution is 6.28. The number of hydrogen-bond acceptors (Lipinski definition) is 2. The molecule has 0 aliphatic heterocycles. The number of rotatable bonds is 5. The average molecular weight is 216 g/mol. The van der Waals surface area contributed by atoms with Crippen molar-refractivity contribution in [1.82, 2.24) is 14.8 Å². The van der Waals surface area contributed by atoms with Crippen molar-refractivity contribution >= 4 is 11.6 Å². The van der Waals surface area contributed by atoms with Gasteiger partial charge < -0.3 is 4.57 Å². The zero-order valence-electron chi connectivity index (χ0n) is 9.13. The van der Waals surface area contributed by atoms with Crippen molar-refractivity contribution < 1.29 is 0 Å². The van der Waals surface area contributed by atoms with Crippen molar-refractivity contribution in [3.05, 3.63) is 11.1 Å². The summed E-state index contributed by atoms with van der Waals surface area (Å²) in [5.74, 6) is 1.70. The van der Waals surface area contributed by atoms with Crippen LogP contribution in [0.25, 0.3) is 0 Å². The second-order valence-corrected chi connectivity index (χ2v) is 4.31. The molecular weight excluding hydrogens is 198 g/mol. The Morgan fingerprint density at radius 1 is 1.36 bits per heavy atom. The zero-order valence-corrected chi connectivity index (χ0v) is 9.88. The molecule has 1 aromatic rings. The molecule has 0 unspecified atom stereocenters. The number of hydrogen-bond donors (Lipinski definition) is 0. The molecule has 0 aliphatic rings. The fourth-order valence-electron chi connectivity index (χ4n) is 1.33. The van der Waals surface area contributed by atoms with Gasteiger partial charge in [-0.3, -0.25) is 0 Å². The van der Waals surface area contributed by atoms with Crippen LogP contribution in [0.15, 0.2) is 0 Å². The fourth-order valence-corrected chi connectivity index (χ4v) is 1.55. The van der Waals surface area contributed by atoms with Gasteiger partial charge in [-0.15, -0.1) is 10.2 Å². The molecule has 14 heavy (non-hydrogen) atoms. The summed E-state index contributed by atoms with van der Waals surface area (Å²) in [7, 11) is 0. The molecule has 0 N–H and O–H groups in total. The minimum atomic E-state index is 0.522. The van der Waals surface area contributed by atoms with E-state index < -0.39 is 0 Å². The van der Waals surface area contributed by atoms with Crippen molar-refractivity contribution in [2.45, 2.75) is 46.6 Å². The van der Waals surface area contributed by atoms with E-state index >= 15 is 0 Å². The highest BCUT2D eigenvalue weighted by Crippen LogP contribution is 2.12. The topological polar surface area (TPSA) is 30.7 Å². The van der Waals surface area contributed by atoms with Gasteiger partial charge >= 0.3 is 0 Å². The number of nitrogens with zero attached hydrogens (tertiary/aromatic N) is 3. The number of aromatic nitrogens is 3. The Hall–Kier alpha value is -0.570. The van der Waals surface area contributed by atoms with E-state index in [2.05, 4.69) is 31.0 Å². The second kappa shape index (κ2) is 5.35. The molecule has 0 saturated carbocycles. The smallest absolute Gasteiger partial charge is 0.225 e.